The van der Waals surface area contributed by atoms with Crippen molar-refractivity contribution < 1.29 is 0 Å². The summed E-state index contributed by atoms with van der Waals surface area (Å²) in [7, 11) is 0. The molecule has 0 aliphatic carbocycles. The SMILES string of the molecule is CSC.c1ccsc1. The van der Waals surface area contributed by atoms with Gasteiger partial charge in [0.15, 0.2) is 0 Å². The van der Waals surface area contributed by atoms with Crippen LogP contribution in [0.3, 0.4) is 0 Å². The molecule has 0 aliphatic heterocycles. The zero-order valence-electron chi connectivity index (χ0n) is 5.13. The maximum atomic E-state index is 2.04. The van der Waals surface area contributed by atoms with Gasteiger partial charge in [0, 0.05) is 0 Å². The Kier molecular flexibility index (Phi) is 7.09. The van der Waals surface area contributed by atoms with Crippen molar-refractivity contribution in [1.29, 1.82) is 0 Å². The standard InChI is InChI=1S/C4H4S.C2H6S/c1-2-4-5-3-1;1-3-2/h1-4H;1-2H3. The van der Waals surface area contributed by atoms with Crippen molar-refractivity contribution in [2.24, 2.45) is 0 Å². The van der Waals surface area contributed by atoms with Gasteiger partial charge in [-0.15, -0.1) is 0 Å². The number of hydrogen-bond donors (Lipinski definition) is 0. The Morgan fingerprint density at radius 3 is 1.62 bits per heavy atom. The molecule has 0 saturated heterocycles. The molecule has 0 fully saturated rings. The van der Waals surface area contributed by atoms with Crippen LogP contribution in [0.1, 0.15) is 0 Å². The van der Waals surface area contributed by atoms with E-state index >= 15 is 0 Å². The second-order valence-electron chi connectivity index (χ2n) is 1.20. The van der Waals surface area contributed by atoms with E-state index in [0.29, 0.717) is 0 Å². The third kappa shape index (κ3) is 6.05. The van der Waals surface area contributed by atoms with Crippen LogP contribution in [0.4, 0.5) is 0 Å². The molecule has 0 radical (unpaired) electrons. The second-order valence-corrected chi connectivity index (χ2v) is 2.83. The lowest BCUT2D eigenvalue weighted by molar-refractivity contribution is 2.03. The van der Waals surface area contributed by atoms with E-state index in [9.17, 15) is 0 Å². The molecule has 0 nitrogen and oxygen atoms in total. The third-order valence-electron chi connectivity index (χ3n) is 0.425. The molecule has 0 amide bonds. The summed E-state index contributed by atoms with van der Waals surface area (Å²) in [4.78, 5) is 0. The highest BCUT2D eigenvalue weighted by Gasteiger charge is 1.58. The monoisotopic (exact) mass is 146 g/mol. The van der Waals surface area contributed by atoms with E-state index in [1.165, 1.54) is 0 Å². The van der Waals surface area contributed by atoms with Gasteiger partial charge in [0.25, 0.3) is 0 Å². The normalized spacial score (nSPS) is 7.25. The number of thioether (sulfide) groups is 1. The molecule has 1 aromatic heterocycles. The zero-order chi connectivity index (χ0) is 6.24. The van der Waals surface area contributed by atoms with Gasteiger partial charge in [-0.3, -0.25) is 0 Å². The molecule has 0 spiro atoms. The average Bonchev–Trinajstić information content (AvgIpc) is 2.17. The highest BCUT2D eigenvalue weighted by Crippen LogP contribution is 1.91. The quantitative estimate of drug-likeness (QED) is 0.542. The zero-order valence-corrected chi connectivity index (χ0v) is 6.76. The van der Waals surface area contributed by atoms with Gasteiger partial charge >= 0.3 is 0 Å². The lowest BCUT2D eigenvalue weighted by Crippen LogP contribution is -1.25. The van der Waals surface area contributed by atoms with Crippen molar-refractivity contribution in [1.82, 2.24) is 0 Å². The first-order chi connectivity index (χ1) is 3.91. The minimum atomic E-state index is 1.71. The van der Waals surface area contributed by atoms with Gasteiger partial charge in [-0.2, -0.15) is 23.1 Å². The summed E-state index contributed by atoms with van der Waals surface area (Å²) in [5, 5.41) is 4.08. The largest absolute Gasteiger partial charge is 0.169 e. The van der Waals surface area contributed by atoms with Gasteiger partial charge in [-0.05, 0) is 23.3 Å². The fraction of sp³-hybridized carbons (Fsp3) is 0.333. The predicted molar refractivity (Wildman–Crippen MR) is 43.8 cm³/mol. The Balaban J connectivity index is 0.000000145. The van der Waals surface area contributed by atoms with Crippen LogP contribution in [-0.2, 0) is 0 Å². The summed E-state index contributed by atoms with van der Waals surface area (Å²) < 4.78 is 0. The van der Waals surface area contributed by atoms with Gasteiger partial charge in [-0.1, -0.05) is 12.1 Å². The molecule has 0 atom stereocenters. The summed E-state index contributed by atoms with van der Waals surface area (Å²) in [6.07, 6.45) is 4.08. The van der Waals surface area contributed by atoms with E-state index in [-0.39, 0.29) is 0 Å². The minimum Gasteiger partial charge on any atom is -0.169 e. The highest BCUT2D eigenvalue weighted by atomic mass is 32.2. The van der Waals surface area contributed by atoms with Crippen LogP contribution in [-0.4, -0.2) is 12.5 Å². The van der Waals surface area contributed by atoms with Crippen LogP contribution in [0, 0.1) is 0 Å². The maximum absolute atomic E-state index is 2.04. The molecule has 0 saturated carbocycles. The molecule has 0 N–H and O–H groups in total. The molecule has 0 aromatic carbocycles. The van der Waals surface area contributed by atoms with Gasteiger partial charge < -0.3 is 0 Å². The summed E-state index contributed by atoms with van der Waals surface area (Å²) >= 11 is 3.46. The molecule has 0 bridgehead atoms. The van der Waals surface area contributed by atoms with Crippen LogP contribution in [0.5, 0.6) is 0 Å². The molecule has 0 aliphatic rings. The first-order valence-electron chi connectivity index (χ1n) is 2.29. The van der Waals surface area contributed by atoms with E-state index in [4.69, 9.17) is 0 Å². The Morgan fingerprint density at radius 2 is 1.50 bits per heavy atom. The first kappa shape index (κ1) is 8.05. The topological polar surface area (TPSA) is 0 Å². The molecule has 1 aromatic rings. The van der Waals surface area contributed by atoms with Crippen LogP contribution < -0.4 is 0 Å². The minimum absolute atomic E-state index is 1.71. The van der Waals surface area contributed by atoms with Crippen molar-refractivity contribution in [2.75, 3.05) is 12.5 Å². The van der Waals surface area contributed by atoms with Crippen molar-refractivity contribution in [3.8, 4) is 0 Å². The van der Waals surface area contributed by atoms with E-state index < -0.39 is 0 Å². The van der Waals surface area contributed by atoms with E-state index in [0.717, 1.165) is 0 Å². The summed E-state index contributed by atoms with van der Waals surface area (Å²) in [5.74, 6) is 0. The Labute approximate surface area is 58.9 Å². The predicted octanol–water partition coefficient (Wildman–Crippen LogP) is 2.73. The van der Waals surface area contributed by atoms with Gasteiger partial charge in [0.05, 0.1) is 0 Å². The van der Waals surface area contributed by atoms with Gasteiger partial charge in [-0.25, -0.2) is 0 Å². The fourth-order valence-corrected chi connectivity index (χ4v) is 0.680. The van der Waals surface area contributed by atoms with Crippen molar-refractivity contribution in [3.63, 3.8) is 0 Å². The van der Waals surface area contributed by atoms with Crippen LogP contribution in [0.2, 0.25) is 0 Å². The molecule has 46 valence electrons. The second kappa shape index (κ2) is 7.05. The highest BCUT2D eigenvalue weighted by molar-refractivity contribution is 7.97. The van der Waals surface area contributed by atoms with E-state index in [1.54, 1.807) is 23.1 Å². The molecule has 1 rings (SSSR count). The molecule has 8 heavy (non-hydrogen) atoms. The lowest BCUT2D eigenvalue weighted by Gasteiger charge is -1.51. The van der Waals surface area contributed by atoms with Gasteiger partial charge in [0.2, 0.25) is 0 Å². The first-order valence-corrected chi connectivity index (χ1v) is 4.86. The fourth-order valence-electron chi connectivity index (χ4n) is 0.227. The van der Waals surface area contributed by atoms with Crippen molar-refractivity contribution in [3.05, 3.63) is 22.9 Å². The van der Waals surface area contributed by atoms with Crippen LogP contribution in [0.25, 0.3) is 0 Å². The molecule has 2 heteroatoms. The third-order valence-corrected chi connectivity index (χ3v) is 1.05. The van der Waals surface area contributed by atoms with Crippen molar-refractivity contribution >= 4 is 23.1 Å². The van der Waals surface area contributed by atoms with Gasteiger partial charge in [0.1, 0.15) is 0 Å². The van der Waals surface area contributed by atoms with Crippen LogP contribution >= 0.6 is 23.1 Å². The Morgan fingerprint density at radius 1 is 1.12 bits per heavy atom. The van der Waals surface area contributed by atoms with E-state index in [1.807, 2.05) is 35.4 Å². The number of hydrogen-bond acceptors (Lipinski definition) is 2. The summed E-state index contributed by atoms with van der Waals surface area (Å²) in [5.41, 5.74) is 0. The number of rotatable bonds is 0. The molecular weight excluding hydrogens is 136 g/mol. The maximum Gasteiger partial charge on any atom is -0.00934 e. The van der Waals surface area contributed by atoms with Crippen LogP contribution in [0.15, 0.2) is 22.9 Å². The smallest absolute Gasteiger partial charge is 0.00934 e. The van der Waals surface area contributed by atoms with Crippen molar-refractivity contribution in [2.45, 2.75) is 0 Å². The lowest BCUT2D eigenvalue weighted by atomic mass is 10.7. The Hall–Kier alpha value is 0.0500. The summed E-state index contributed by atoms with van der Waals surface area (Å²) in [6, 6.07) is 4.04. The van der Waals surface area contributed by atoms with E-state index in [2.05, 4.69) is 0 Å². The molecule has 1 heterocycles. The molecular formula is C6H10S2. The average molecular weight is 146 g/mol. The summed E-state index contributed by atoms with van der Waals surface area (Å²) in [6.45, 7) is 0. The molecule has 0 unspecified atom stereocenters. The Bertz CT molecular complexity index is 73.4. The number of thiophene rings is 1.